The summed E-state index contributed by atoms with van der Waals surface area (Å²) >= 11 is 0. The number of nitrogens with one attached hydrogen (secondary N) is 1. The Labute approximate surface area is 141 Å². The Morgan fingerprint density at radius 1 is 1.12 bits per heavy atom. The normalized spacial score (nSPS) is 15.3. The van der Waals surface area contributed by atoms with Crippen LogP contribution in [-0.4, -0.2) is 59.2 Å². The number of carboxylic acids is 1. The minimum Gasteiger partial charge on any atom is -0.478 e. The third-order valence-corrected chi connectivity index (χ3v) is 4.03. The molecule has 0 spiro atoms. The molecular formula is C17H21N5O2. The van der Waals surface area contributed by atoms with E-state index in [-0.39, 0.29) is 5.56 Å². The molecular weight excluding hydrogens is 306 g/mol. The largest absolute Gasteiger partial charge is 0.478 e. The van der Waals surface area contributed by atoms with Gasteiger partial charge in [0.15, 0.2) is 0 Å². The van der Waals surface area contributed by atoms with Gasteiger partial charge in [-0.25, -0.2) is 9.78 Å². The number of piperazine rings is 1. The molecule has 0 aliphatic carbocycles. The molecule has 1 aliphatic rings. The van der Waals surface area contributed by atoms with Gasteiger partial charge in [-0.15, -0.1) is 0 Å². The fourth-order valence-electron chi connectivity index (χ4n) is 2.61. The third-order valence-electron chi connectivity index (χ3n) is 4.03. The SMILES string of the molecule is Cc1cc(Nc2ccc(C(=O)O)cc2)nc(N2CCN(C)CC2)n1. The van der Waals surface area contributed by atoms with Gasteiger partial charge in [0.2, 0.25) is 5.95 Å². The molecule has 1 aliphatic heterocycles. The molecule has 1 fully saturated rings. The molecule has 2 heterocycles. The van der Waals surface area contributed by atoms with Gasteiger partial charge >= 0.3 is 5.97 Å². The lowest BCUT2D eigenvalue weighted by atomic mass is 10.2. The van der Waals surface area contributed by atoms with Gasteiger partial charge in [-0.1, -0.05) is 0 Å². The molecule has 0 atom stereocenters. The van der Waals surface area contributed by atoms with Gasteiger partial charge in [0.1, 0.15) is 5.82 Å². The summed E-state index contributed by atoms with van der Waals surface area (Å²) in [5.74, 6) is 0.504. The Kier molecular flexibility index (Phi) is 4.61. The summed E-state index contributed by atoms with van der Waals surface area (Å²) in [6.45, 7) is 5.76. The Balaban J connectivity index is 1.77. The van der Waals surface area contributed by atoms with Crippen LogP contribution < -0.4 is 10.2 Å². The lowest BCUT2D eigenvalue weighted by molar-refractivity contribution is 0.0697. The van der Waals surface area contributed by atoms with Crippen molar-refractivity contribution in [1.29, 1.82) is 0 Å². The zero-order valence-corrected chi connectivity index (χ0v) is 13.9. The molecule has 126 valence electrons. The maximum atomic E-state index is 10.9. The first kappa shape index (κ1) is 16.2. The number of hydrogen-bond donors (Lipinski definition) is 2. The number of carboxylic acid groups (broad SMARTS) is 1. The van der Waals surface area contributed by atoms with E-state index in [2.05, 4.69) is 32.1 Å². The molecule has 0 bridgehead atoms. The van der Waals surface area contributed by atoms with Crippen LogP contribution in [0.1, 0.15) is 16.1 Å². The van der Waals surface area contributed by atoms with Crippen LogP contribution in [0.3, 0.4) is 0 Å². The molecule has 3 rings (SSSR count). The van der Waals surface area contributed by atoms with Crippen molar-refractivity contribution in [2.24, 2.45) is 0 Å². The Hall–Kier alpha value is -2.67. The molecule has 0 saturated carbocycles. The molecule has 1 saturated heterocycles. The predicted molar refractivity (Wildman–Crippen MR) is 93.2 cm³/mol. The number of aromatic nitrogens is 2. The lowest BCUT2D eigenvalue weighted by Gasteiger charge is -2.32. The highest BCUT2D eigenvalue weighted by molar-refractivity contribution is 5.88. The second-order valence-corrected chi connectivity index (χ2v) is 5.99. The van der Waals surface area contributed by atoms with Crippen LogP contribution in [0.5, 0.6) is 0 Å². The summed E-state index contributed by atoms with van der Waals surface area (Å²) in [5.41, 5.74) is 1.95. The Morgan fingerprint density at radius 2 is 1.79 bits per heavy atom. The first-order chi connectivity index (χ1) is 11.5. The standard InChI is InChI=1S/C17H21N5O2/c1-12-11-15(19-14-5-3-13(4-6-14)16(23)24)20-17(18-12)22-9-7-21(2)8-10-22/h3-6,11H,7-10H2,1-2H3,(H,23,24)(H,18,19,20). The van der Waals surface area contributed by atoms with Crippen molar-refractivity contribution in [2.45, 2.75) is 6.92 Å². The summed E-state index contributed by atoms with van der Waals surface area (Å²) in [6.07, 6.45) is 0. The molecule has 0 unspecified atom stereocenters. The van der Waals surface area contributed by atoms with E-state index >= 15 is 0 Å². The van der Waals surface area contributed by atoms with Crippen LogP contribution in [-0.2, 0) is 0 Å². The summed E-state index contributed by atoms with van der Waals surface area (Å²) < 4.78 is 0. The number of hydrogen-bond acceptors (Lipinski definition) is 6. The van der Waals surface area contributed by atoms with Crippen molar-refractivity contribution in [3.05, 3.63) is 41.6 Å². The molecule has 0 amide bonds. The molecule has 2 aromatic rings. The van der Waals surface area contributed by atoms with Crippen molar-refractivity contribution in [3.8, 4) is 0 Å². The Bertz CT molecular complexity index is 724. The van der Waals surface area contributed by atoms with E-state index in [1.165, 1.54) is 0 Å². The van der Waals surface area contributed by atoms with Gasteiger partial charge < -0.3 is 20.2 Å². The second-order valence-electron chi connectivity index (χ2n) is 5.99. The zero-order chi connectivity index (χ0) is 17.1. The van der Waals surface area contributed by atoms with Crippen LogP contribution >= 0.6 is 0 Å². The molecule has 7 heteroatoms. The lowest BCUT2D eigenvalue weighted by Crippen LogP contribution is -2.45. The number of aryl methyl sites for hydroxylation is 1. The van der Waals surface area contributed by atoms with E-state index < -0.39 is 5.97 Å². The van der Waals surface area contributed by atoms with E-state index in [0.717, 1.165) is 43.5 Å². The van der Waals surface area contributed by atoms with Crippen molar-refractivity contribution >= 4 is 23.4 Å². The third kappa shape index (κ3) is 3.80. The number of carbonyl (C=O) groups is 1. The van der Waals surface area contributed by atoms with Crippen LogP contribution in [0.25, 0.3) is 0 Å². The molecule has 24 heavy (non-hydrogen) atoms. The Morgan fingerprint density at radius 3 is 2.42 bits per heavy atom. The summed E-state index contributed by atoms with van der Waals surface area (Å²) in [4.78, 5) is 24.5. The van der Waals surface area contributed by atoms with Gasteiger partial charge in [-0.05, 0) is 38.2 Å². The van der Waals surface area contributed by atoms with E-state index in [1.54, 1.807) is 24.3 Å². The van der Waals surface area contributed by atoms with Gasteiger partial charge in [0.05, 0.1) is 5.56 Å². The summed E-state index contributed by atoms with van der Waals surface area (Å²) in [6, 6.07) is 8.48. The zero-order valence-electron chi connectivity index (χ0n) is 13.9. The summed E-state index contributed by atoms with van der Waals surface area (Å²) in [7, 11) is 2.11. The average Bonchev–Trinajstić information content (AvgIpc) is 2.55. The molecule has 0 radical (unpaired) electrons. The predicted octanol–water partition coefficient (Wildman–Crippen LogP) is 1.98. The maximum absolute atomic E-state index is 10.9. The van der Waals surface area contributed by atoms with Crippen molar-refractivity contribution in [2.75, 3.05) is 43.4 Å². The fourth-order valence-corrected chi connectivity index (χ4v) is 2.61. The number of likely N-dealkylation sites (N-methyl/N-ethyl adjacent to an activating group) is 1. The highest BCUT2D eigenvalue weighted by atomic mass is 16.4. The van der Waals surface area contributed by atoms with Crippen molar-refractivity contribution < 1.29 is 9.90 Å². The molecule has 1 aromatic carbocycles. The fraction of sp³-hybridized carbons (Fsp3) is 0.353. The van der Waals surface area contributed by atoms with E-state index in [9.17, 15) is 4.79 Å². The quantitative estimate of drug-likeness (QED) is 0.888. The monoisotopic (exact) mass is 327 g/mol. The number of nitrogens with zero attached hydrogens (tertiary/aromatic N) is 4. The summed E-state index contributed by atoms with van der Waals surface area (Å²) in [5, 5.41) is 12.2. The van der Waals surface area contributed by atoms with Crippen molar-refractivity contribution in [3.63, 3.8) is 0 Å². The number of benzene rings is 1. The van der Waals surface area contributed by atoms with Crippen LogP contribution in [0.15, 0.2) is 30.3 Å². The molecule has 7 nitrogen and oxygen atoms in total. The van der Waals surface area contributed by atoms with Crippen LogP contribution in [0.4, 0.5) is 17.5 Å². The van der Waals surface area contributed by atoms with E-state index in [4.69, 9.17) is 5.11 Å². The van der Waals surface area contributed by atoms with Gasteiger partial charge in [0, 0.05) is 43.6 Å². The highest BCUT2D eigenvalue weighted by Crippen LogP contribution is 2.19. The van der Waals surface area contributed by atoms with Crippen LogP contribution in [0, 0.1) is 6.92 Å². The van der Waals surface area contributed by atoms with Gasteiger partial charge in [-0.3, -0.25) is 0 Å². The number of rotatable bonds is 4. The number of anilines is 3. The smallest absolute Gasteiger partial charge is 0.335 e. The molecule has 2 N–H and O–H groups in total. The van der Waals surface area contributed by atoms with Gasteiger partial charge in [-0.2, -0.15) is 4.98 Å². The minimum absolute atomic E-state index is 0.262. The highest BCUT2D eigenvalue weighted by Gasteiger charge is 2.17. The first-order valence-corrected chi connectivity index (χ1v) is 7.91. The van der Waals surface area contributed by atoms with Crippen LogP contribution in [0.2, 0.25) is 0 Å². The van der Waals surface area contributed by atoms with Gasteiger partial charge in [0.25, 0.3) is 0 Å². The maximum Gasteiger partial charge on any atom is 0.335 e. The topological polar surface area (TPSA) is 81.6 Å². The number of aromatic carboxylic acids is 1. The first-order valence-electron chi connectivity index (χ1n) is 7.91. The minimum atomic E-state index is -0.934. The average molecular weight is 327 g/mol. The van der Waals surface area contributed by atoms with E-state index in [1.807, 2.05) is 13.0 Å². The second kappa shape index (κ2) is 6.84. The van der Waals surface area contributed by atoms with E-state index in [0.29, 0.717) is 5.82 Å². The molecule has 1 aromatic heterocycles. The van der Waals surface area contributed by atoms with Crippen molar-refractivity contribution in [1.82, 2.24) is 14.9 Å².